The summed E-state index contributed by atoms with van der Waals surface area (Å²) in [6, 6.07) is 1.32. The largest absolute Gasteiger partial charge is 0.359 e. The van der Waals surface area contributed by atoms with E-state index in [2.05, 4.69) is 11.9 Å². The maximum atomic E-state index is 13.8. The fraction of sp³-hybridized carbons (Fsp3) is 0.357. The van der Waals surface area contributed by atoms with Crippen molar-refractivity contribution in [2.45, 2.75) is 4.90 Å². The average Bonchev–Trinajstić information content (AvgIpc) is 2.57. The number of halogens is 3. The van der Waals surface area contributed by atoms with Crippen molar-refractivity contribution < 1.29 is 21.6 Å². The number of nitrogens with one attached hydrogen (secondary N) is 1. The van der Waals surface area contributed by atoms with Gasteiger partial charge in [0.2, 0.25) is 10.0 Å². The third-order valence-corrected chi connectivity index (χ3v) is 5.86. The summed E-state index contributed by atoms with van der Waals surface area (Å²) in [5.74, 6) is -4.94. The van der Waals surface area contributed by atoms with E-state index in [4.69, 9.17) is 12.2 Å². The van der Waals surface area contributed by atoms with Crippen LogP contribution in [0.2, 0.25) is 0 Å². The molecule has 1 heterocycles. The Balaban J connectivity index is 2.12. The Kier molecular flexibility index (Phi) is 5.83. The van der Waals surface area contributed by atoms with E-state index in [1.54, 1.807) is 11.0 Å². The SMILES string of the molecule is C=CCNC(=S)N1CCN(S(=O)(=O)c2ccc(F)c(F)c2F)CC1. The van der Waals surface area contributed by atoms with E-state index in [0.717, 1.165) is 10.4 Å². The van der Waals surface area contributed by atoms with Crippen molar-refractivity contribution >= 4 is 27.4 Å². The van der Waals surface area contributed by atoms with Crippen LogP contribution in [0.3, 0.4) is 0 Å². The Labute approximate surface area is 143 Å². The molecule has 0 amide bonds. The Morgan fingerprint density at radius 3 is 2.42 bits per heavy atom. The van der Waals surface area contributed by atoms with Crippen LogP contribution in [0, 0.1) is 17.5 Å². The molecule has 1 saturated heterocycles. The number of hydrogen-bond acceptors (Lipinski definition) is 3. The van der Waals surface area contributed by atoms with Gasteiger partial charge in [-0.1, -0.05) is 6.08 Å². The van der Waals surface area contributed by atoms with Crippen molar-refractivity contribution in [1.29, 1.82) is 0 Å². The number of piperazine rings is 1. The highest BCUT2D eigenvalue weighted by atomic mass is 32.2. The van der Waals surface area contributed by atoms with Gasteiger partial charge in [0.25, 0.3) is 0 Å². The van der Waals surface area contributed by atoms with E-state index in [-0.39, 0.29) is 13.1 Å². The number of hydrogen-bond donors (Lipinski definition) is 1. The van der Waals surface area contributed by atoms with Gasteiger partial charge in [-0.25, -0.2) is 21.6 Å². The number of sulfonamides is 1. The molecule has 0 aliphatic carbocycles. The van der Waals surface area contributed by atoms with E-state index >= 15 is 0 Å². The van der Waals surface area contributed by atoms with Gasteiger partial charge >= 0.3 is 0 Å². The van der Waals surface area contributed by atoms with Gasteiger partial charge in [-0.05, 0) is 24.4 Å². The molecule has 0 spiro atoms. The molecule has 1 aliphatic heterocycles. The number of rotatable bonds is 4. The normalized spacial score (nSPS) is 16.0. The number of benzene rings is 1. The molecule has 2 rings (SSSR count). The predicted octanol–water partition coefficient (Wildman–Crippen LogP) is 1.47. The first kappa shape index (κ1) is 18.7. The summed E-state index contributed by atoms with van der Waals surface area (Å²) in [7, 11) is -4.25. The van der Waals surface area contributed by atoms with Crippen LogP contribution >= 0.6 is 12.2 Å². The Bertz CT molecular complexity index is 748. The van der Waals surface area contributed by atoms with Crippen LogP contribution in [0.4, 0.5) is 13.2 Å². The highest BCUT2D eigenvalue weighted by Crippen LogP contribution is 2.23. The van der Waals surface area contributed by atoms with Crippen molar-refractivity contribution in [3.63, 3.8) is 0 Å². The van der Waals surface area contributed by atoms with Crippen molar-refractivity contribution in [3.05, 3.63) is 42.2 Å². The van der Waals surface area contributed by atoms with E-state index < -0.39 is 32.4 Å². The van der Waals surface area contributed by atoms with Gasteiger partial charge in [-0.2, -0.15) is 4.31 Å². The summed E-state index contributed by atoms with van der Waals surface area (Å²) in [6.45, 7) is 4.74. The molecule has 0 aromatic heterocycles. The minimum atomic E-state index is -4.25. The predicted molar refractivity (Wildman–Crippen MR) is 87.4 cm³/mol. The van der Waals surface area contributed by atoms with Crippen molar-refractivity contribution in [2.24, 2.45) is 0 Å². The van der Waals surface area contributed by atoms with E-state index in [1.165, 1.54) is 0 Å². The first-order valence-corrected chi connectivity index (χ1v) is 8.91. The van der Waals surface area contributed by atoms with Crippen LogP contribution in [-0.2, 0) is 10.0 Å². The molecule has 132 valence electrons. The molecule has 1 aromatic rings. The monoisotopic (exact) mass is 379 g/mol. The quantitative estimate of drug-likeness (QED) is 0.488. The zero-order chi connectivity index (χ0) is 17.9. The highest BCUT2D eigenvalue weighted by Gasteiger charge is 2.32. The summed E-state index contributed by atoms with van der Waals surface area (Å²) in [4.78, 5) is 0.897. The first-order chi connectivity index (χ1) is 11.3. The lowest BCUT2D eigenvalue weighted by atomic mass is 10.3. The fourth-order valence-corrected chi connectivity index (χ4v) is 3.99. The topological polar surface area (TPSA) is 52.6 Å². The van der Waals surface area contributed by atoms with Gasteiger partial charge in [-0.15, -0.1) is 6.58 Å². The van der Waals surface area contributed by atoms with Crippen molar-refractivity contribution in [1.82, 2.24) is 14.5 Å². The molecule has 0 unspecified atom stereocenters. The van der Waals surface area contributed by atoms with Gasteiger partial charge in [-0.3, -0.25) is 0 Å². The molecule has 1 N–H and O–H groups in total. The molecular formula is C14H16F3N3O2S2. The standard InChI is InChI=1S/C14H16F3N3O2S2/c1-2-5-18-14(23)19-6-8-20(9-7-19)24(21,22)11-4-3-10(15)12(16)13(11)17/h2-4H,1,5-9H2,(H,18,23). The maximum Gasteiger partial charge on any atom is 0.246 e. The number of nitrogens with zero attached hydrogens (tertiary/aromatic N) is 2. The minimum absolute atomic E-state index is 0.0523. The van der Waals surface area contributed by atoms with Gasteiger partial charge in [0.15, 0.2) is 22.6 Å². The van der Waals surface area contributed by atoms with Gasteiger partial charge < -0.3 is 10.2 Å². The summed E-state index contributed by atoms with van der Waals surface area (Å²) >= 11 is 5.16. The van der Waals surface area contributed by atoms with E-state index in [0.29, 0.717) is 30.8 Å². The fourth-order valence-electron chi connectivity index (χ4n) is 2.25. The number of thiocarbonyl (C=S) groups is 1. The Morgan fingerprint density at radius 2 is 1.83 bits per heavy atom. The molecule has 1 fully saturated rings. The van der Waals surface area contributed by atoms with Gasteiger partial charge in [0.1, 0.15) is 4.90 Å². The second-order valence-corrected chi connectivity index (χ2v) is 7.33. The van der Waals surface area contributed by atoms with Gasteiger partial charge in [0, 0.05) is 32.7 Å². The van der Waals surface area contributed by atoms with Gasteiger partial charge in [0.05, 0.1) is 0 Å². The first-order valence-electron chi connectivity index (χ1n) is 7.06. The third kappa shape index (κ3) is 3.70. The molecule has 0 atom stereocenters. The molecule has 0 radical (unpaired) electrons. The second-order valence-electron chi connectivity index (χ2n) is 5.04. The summed E-state index contributed by atoms with van der Waals surface area (Å²) < 4.78 is 66.0. The van der Waals surface area contributed by atoms with Crippen LogP contribution in [-0.4, -0.2) is 55.5 Å². The lowest BCUT2D eigenvalue weighted by Crippen LogP contribution is -2.53. The third-order valence-electron chi connectivity index (χ3n) is 3.54. The van der Waals surface area contributed by atoms with Crippen LogP contribution in [0.25, 0.3) is 0 Å². The molecule has 1 aliphatic rings. The van der Waals surface area contributed by atoms with Crippen molar-refractivity contribution in [3.8, 4) is 0 Å². The summed E-state index contributed by atoms with van der Waals surface area (Å²) in [5.41, 5.74) is 0. The molecule has 0 bridgehead atoms. The molecule has 1 aromatic carbocycles. The molecule has 10 heteroatoms. The maximum absolute atomic E-state index is 13.8. The lowest BCUT2D eigenvalue weighted by Gasteiger charge is -2.35. The Morgan fingerprint density at radius 1 is 1.21 bits per heavy atom. The minimum Gasteiger partial charge on any atom is -0.359 e. The van der Waals surface area contributed by atoms with Crippen LogP contribution in [0.15, 0.2) is 29.7 Å². The molecule has 5 nitrogen and oxygen atoms in total. The van der Waals surface area contributed by atoms with Crippen molar-refractivity contribution in [2.75, 3.05) is 32.7 Å². The summed E-state index contributed by atoms with van der Waals surface area (Å²) in [5, 5.41) is 3.39. The molecule has 0 saturated carbocycles. The van der Waals surface area contributed by atoms with E-state index in [1.807, 2.05) is 0 Å². The second kappa shape index (κ2) is 7.49. The lowest BCUT2D eigenvalue weighted by molar-refractivity contribution is 0.263. The summed E-state index contributed by atoms with van der Waals surface area (Å²) in [6.07, 6.45) is 1.64. The highest BCUT2D eigenvalue weighted by molar-refractivity contribution is 7.89. The van der Waals surface area contributed by atoms with Crippen LogP contribution < -0.4 is 5.32 Å². The Hall–Kier alpha value is -1.65. The van der Waals surface area contributed by atoms with E-state index in [9.17, 15) is 21.6 Å². The molecular weight excluding hydrogens is 363 g/mol. The average molecular weight is 379 g/mol. The van der Waals surface area contributed by atoms with Crippen LogP contribution in [0.5, 0.6) is 0 Å². The zero-order valence-corrected chi connectivity index (χ0v) is 14.3. The molecule has 24 heavy (non-hydrogen) atoms. The smallest absolute Gasteiger partial charge is 0.246 e. The van der Waals surface area contributed by atoms with Crippen LogP contribution in [0.1, 0.15) is 0 Å². The zero-order valence-electron chi connectivity index (χ0n) is 12.6.